The molecule has 0 atom stereocenters. The molecule has 1 heterocycles. The molecule has 2 aromatic rings. The van der Waals surface area contributed by atoms with E-state index in [0.29, 0.717) is 22.1 Å². The fraction of sp³-hybridized carbons (Fsp3) is 0.227. The maximum Gasteiger partial charge on any atom is 0.326 e. The summed E-state index contributed by atoms with van der Waals surface area (Å²) in [6.07, 6.45) is 1.57. The van der Waals surface area contributed by atoms with E-state index in [-0.39, 0.29) is 18.1 Å². The van der Waals surface area contributed by atoms with Crippen molar-refractivity contribution in [3.8, 4) is 11.5 Å². The van der Waals surface area contributed by atoms with E-state index in [9.17, 15) is 14.4 Å². The number of esters is 1. The highest BCUT2D eigenvalue weighted by Crippen LogP contribution is 2.35. The summed E-state index contributed by atoms with van der Waals surface area (Å²) in [5.41, 5.74) is 1.48. The fourth-order valence-electron chi connectivity index (χ4n) is 2.79. The number of thioether (sulfide) groups is 1. The summed E-state index contributed by atoms with van der Waals surface area (Å²) in [6, 6.07) is 12.5. The van der Waals surface area contributed by atoms with Gasteiger partial charge in [0.2, 0.25) is 0 Å². The molecule has 0 spiro atoms. The third kappa shape index (κ3) is 5.59. The molecule has 1 aliphatic heterocycles. The number of hydrogen-bond acceptors (Lipinski definition) is 7. The predicted octanol–water partition coefficient (Wildman–Crippen LogP) is 4.53. The molecule has 0 bridgehead atoms. The molecule has 1 aliphatic rings. The zero-order valence-corrected chi connectivity index (χ0v) is 18.5. The number of carbonyl (C=O) groups is 3. The van der Waals surface area contributed by atoms with Crippen LogP contribution in [-0.2, 0) is 20.9 Å². The van der Waals surface area contributed by atoms with Crippen molar-refractivity contribution >= 4 is 46.6 Å². The van der Waals surface area contributed by atoms with Crippen LogP contribution in [0.1, 0.15) is 18.1 Å². The number of methoxy groups -OCH3 is 1. The smallest absolute Gasteiger partial charge is 0.326 e. The summed E-state index contributed by atoms with van der Waals surface area (Å²) < 4.78 is 16.0. The molecule has 1 saturated heterocycles. The summed E-state index contributed by atoms with van der Waals surface area (Å²) in [4.78, 5) is 37.3. The van der Waals surface area contributed by atoms with Gasteiger partial charge in [0.15, 0.2) is 11.5 Å². The minimum Gasteiger partial charge on any atom is -0.493 e. The molecule has 31 heavy (non-hydrogen) atoms. The van der Waals surface area contributed by atoms with Crippen molar-refractivity contribution in [1.82, 2.24) is 4.90 Å². The van der Waals surface area contributed by atoms with Gasteiger partial charge < -0.3 is 14.2 Å². The van der Waals surface area contributed by atoms with E-state index in [2.05, 4.69) is 0 Å². The van der Waals surface area contributed by atoms with Crippen LogP contribution in [-0.4, -0.2) is 42.3 Å². The Morgan fingerprint density at radius 2 is 1.94 bits per heavy atom. The van der Waals surface area contributed by atoms with Gasteiger partial charge in [-0.3, -0.25) is 19.3 Å². The third-order valence-electron chi connectivity index (χ3n) is 4.29. The minimum atomic E-state index is -0.632. The molecule has 0 saturated carbocycles. The Morgan fingerprint density at radius 1 is 1.16 bits per heavy atom. The normalized spacial score (nSPS) is 14.8. The first-order chi connectivity index (χ1) is 14.9. The average Bonchev–Trinajstić information content (AvgIpc) is 3.01. The Morgan fingerprint density at radius 3 is 2.65 bits per heavy atom. The van der Waals surface area contributed by atoms with Crippen molar-refractivity contribution in [2.75, 3.05) is 20.3 Å². The lowest BCUT2D eigenvalue weighted by molar-refractivity contribution is -0.145. The van der Waals surface area contributed by atoms with Crippen molar-refractivity contribution in [2.24, 2.45) is 0 Å². The third-order valence-corrected chi connectivity index (χ3v) is 5.57. The molecule has 9 heteroatoms. The summed E-state index contributed by atoms with van der Waals surface area (Å²) in [5, 5.41) is 0.0904. The Hall–Kier alpha value is -2.97. The summed E-state index contributed by atoms with van der Waals surface area (Å²) in [7, 11) is 1.51. The van der Waals surface area contributed by atoms with E-state index < -0.39 is 23.7 Å². The number of benzene rings is 2. The maximum absolute atomic E-state index is 12.5. The van der Waals surface area contributed by atoms with Gasteiger partial charge in [-0.1, -0.05) is 35.9 Å². The number of imide groups is 1. The molecule has 0 N–H and O–H groups in total. The second-order valence-electron chi connectivity index (χ2n) is 6.36. The number of hydrogen-bond donors (Lipinski definition) is 0. The average molecular weight is 462 g/mol. The quantitative estimate of drug-likeness (QED) is 0.422. The molecule has 2 amide bonds. The van der Waals surface area contributed by atoms with E-state index in [1.165, 1.54) is 7.11 Å². The minimum absolute atomic E-state index is 0.176. The van der Waals surface area contributed by atoms with Crippen molar-refractivity contribution in [3.05, 3.63) is 63.5 Å². The van der Waals surface area contributed by atoms with E-state index in [1.807, 2.05) is 18.2 Å². The fourth-order valence-corrected chi connectivity index (χ4v) is 3.82. The van der Waals surface area contributed by atoms with Crippen LogP contribution in [0.4, 0.5) is 4.79 Å². The first-order valence-electron chi connectivity index (χ1n) is 9.38. The van der Waals surface area contributed by atoms with Crippen LogP contribution >= 0.6 is 23.4 Å². The summed E-state index contributed by atoms with van der Waals surface area (Å²) >= 11 is 6.92. The summed E-state index contributed by atoms with van der Waals surface area (Å²) in [6.45, 7) is 1.69. The molecular formula is C22H20ClNO6S. The standard InChI is InChI=1S/C22H20ClNO6S/c1-3-29-20(25)12-24-21(26)19(31-22(24)27)11-14-8-9-17(18(10-14)28-2)30-13-15-6-4-5-7-16(15)23/h4-11H,3,12-13H2,1-2H3. The molecule has 162 valence electrons. The highest BCUT2D eigenvalue weighted by molar-refractivity contribution is 8.18. The zero-order chi connectivity index (χ0) is 22.4. The SMILES string of the molecule is CCOC(=O)CN1C(=O)SC(=Cc2ccc(OCc3ccccc3Cl)c(OC)c2)C1=O. The summed E-state index contributed by atoms with van der Waals surface area (Å²) in [5.74, 6) is -0.199. The molecular weight excluding hydrogens is 442 g/mol. The molecule has 3 rings (SSSR count). The molecule has 0 aliphatic carbocycles. The largest absolute Gasteiger partial charge is 0.493 e. The van der Waals surface area contributed by atoms with Crippen LogP contribution in [0.15, 0.2) is 47.4 Å². The van der Waals surface area contributed by atoms with Gasteiger partial charge in [0, 0.05) is 10.6 Å². The molecule has 2 aromatic carbocycles. The van der Waals surface area contributed by atoms with Crippen LogP contribution in [0, 0.1) is 0 Å². The molecule has 0 radical (unpaired) electrons. The zero-order valence-electron chi connectivity index (χ0n) is 16.9. The monoisotopic (exact) mass is 461 g/mol. The van der Waals surface area contributed by atoms with Crippen molar-refractivity contribution in [3.63, 3.8) is 0 Å². The van der Waals surface area contributed by atoms with Crippen LogP contribution in [0.5, 0.6) is 11.5 Å². The predicted molar refractivity (Wildman–Crippen MR) is 118 cm³/mol. The lowest BCUT2D eigenvalue weighted by Crippen LogP contribution is -2.34. The van der Waals surface area contributed by atoms with Crippen LogP contribution in [0.25, 0.3) is 6.08 Å². The highest BCUT2D eigenvalue weighted by atomic mass is 35.5. The lowest BCUT2D eigenvalue weighted by Gasteiger charge is -2.12. The van der Waals surface area contributed by atoms with Crippen LogP contribution in [0.2, 0.25) is 5.02 Å². The van der Waals surface area contributed by atoms with Gasteiger partial charge in [-0.15, -0.1) is 0 Å². The van der Waals surface area contributed by atoms with Crippen molar-refractivity contribution in [1.29, 1.82) is 0 Å². The first kappa shape index (κ1) is 22.7. The van der Waals surface area contributed by atoms with E-state index in [0.717, 1.165) is 22.2 Å². The number of halogens is 1. The second-order valence-corrected chi connectivity index (χ2v) is 7.76. The van der Waals surface area contributed by atoms with E-state index in [4.69, 9.17) is 25.8 Å². The molecule has 0 aromatic heterocycles. The van der Waals surface area contributed by atoms with Gasteiger partial charge in [-0.05, 0) is 48.5 Å². The molecule has 0 unspecified atom stereocenters. The number of nitrogens with zero attached hydrogens (tertiary/aromatic N) is 1. The molecule has 7 nitrogen and oxygen atoms in total. The van der Waals surface area contributed by atoms with Gasteiger partial charge >= 0.3 is 5.97 Å². The second kappa shape index (κ2) is 10.4. The van der Waals surface area contributed by atoms with E-state index in [1.54, 1.807) is 37.3 Å². The Kier molecular flexibility index (Phi) is 7.59. The van der Waals surface area contributed by atoms with Gasteiger partial charge in [0.25, 0.3) is 11.1 Å². The Labute approximate surface area is 188 Å². The topological polar surface area (TPSA) is 82.1 Å². The highest BCUT2D eigenvalue weighted by Gasteiger charge is 2.36. The number of ether oxygens (including phenoxy) is 3. The first-order valence-corrected chi connectivity index (χ1v) is 10.6. The van der Waals surface area contributed by atoms with Crippen molar-refractivity contribution < 1.29 is 28.6 Å². The van der Waals surface area contributed by atoms with Crippen LogP contribution < -0.4 is 9.47 Å². The van der Waals surface area contributed by atoms with Gasteiger partial charge in [-0.2, -0.15) is 0 Å². The number of carbonyl (C=O) groups excluding carboxylic acids is 3. The lowest BCUT2D eigenvalue weighted by atomic mass is 10.1. The number of amides is 2. The van der Waals surface area contributed by atoms with Crippen molar-refractivity contribution in [2.45, 2.75) is 13.5 Å². The maximum atomic E-state index is 12.5. The Balaban J connectivity index is 1.74. The Bertz CT molecular complexity index is 1040. The van der Waals surface area contributed by atoms with Gasteiger partial charge in [0.05, 0.1) is 18.6 Å². The van der Waals surface area contributed by atoms with E-state index >= 15 is 0 Å². The van der Waals surface area contributed by atoms with Gasteiger partial charge in [0.1, 0.15) is 13.2 Å². The van der Waals surface area contributed by atoms with Gasteiger partial charge in [-0.25, -0.2) is 0 Å². The van der Waals surface area contributed by atoms with Crippen LogP contribution in [0.3, 0.4) is 0 Å². The molecule has 1 fully saturated rings. The number of rotatable bonds is 8.